The zero-order valence-corrected chi connectivity index (χ0v) is 5.89. The molecule has 0 spiro atoms. The minimum Gasteiger partial charge on any atom is -0.357 e. The highest BCUT2D eigenvalue weighted by atomic mass is 16.7. The molecule has 0 aliphatic heterocycles. The third kappa shape index (κ3) is 5.10. The highest BCUT2D eigenvalue weighted by molar-refractivity contribution is 5.67. The Morgan fingerprint density at radius 3 is 2.11 bits per heavy atom. The van der Waals surface area contributed by atoms with E-state index in [0.29, 0.717) is 0 Å². The highest BCUT2D eigenvalue weighted by Crippen LogP contribution is 1.97. The van der Waals surface area contributed by atoms with Crippen LogP contribution >= 0.6 is 0 Å². The molecule has 0 heterocycles. The molecule has 0 saturated heterocycles. The first-order valence-electron chi connectivity index (χ1n) is 2.64. The summed E-state index contributed by atoms with van der Waals surface area (Å²) in [5.41, 5.74) is -0.281. The van der Waals surface area contributed by atoms with Gasteiger partial charge in [-0.3, -0.25) is 0 Å². The van der Waals surface area contributed by atoms with Gasteiger partial charge in [-0.25, -0.2) is 4.79 Å². The molecule has 0 saturated carbocycles. The van der Waals surface area contributed by atoms with Crippen molar-refractivity contribution in [1.82, 2.24) is 5.32 Å². The topological polar surface area (TPSA) is 64.3 Å². The van der Waals surface area contributed by atoms with Gasteiger partial charge >= 0.3 is 6.09 Å². The van der Waals surface area contributed by atoms with E-state index in [1.54, 1.807) is 0 Å². The predicted octanol–water partition coefficient (Wildman–Crippen LogP) is 0.385. The maximum atomic E-state index is 10.4. The van der Waals surface area contributed by atoms with Gasteiger partial charge in [-0.1, -0.05) is 0 Å². The molecule has 0 fully saturated rings. The van der Waals surface area contributed by atoms with Gasteiger partial charge in [0.1, 0.15) is 0 Å². The number of hydrogen-bond acceptors (Lipinski definition) is 3. The lowest BCUT2D eigenvalue weighted by molar-refractivity contribution is 0.139. The van der Waals surface area contributed by atoms with Crippen LogP contribution in [-0.2, 0) is 4.84 Å². The fourth-order valence-corrected chi connectivity index (χ4v) is 0.336. The predicted molar refractivity (Wildman–Crippen MR) is 33.6 cm³/mol. The van der Waals surface area contributed by atoms with Crippen molar-refractivity contribution in [3.63, 3.8) is 0 Å². The first kappa shape index (κ1) is 8.23. The molecule has 0 aliphatic carbocycles. The summed E-state index contributed by atoms with van der Waals surface area (Å²) >= 11 is 0. The largest absolute Gasteiger partial charge is 0.426 e. The van der Waals surface area contributed by atoms with E-state index in [0.717, 1.165) is 0 Å². The molecule has 0 rings (SSSR count). The van der Waals surface area contributed by atoms with Gasteiger partial charge in [0.05, 0.1) is 0 Å². The van der Waals surface area contributed by atoms with Gasteiger partial charge in [-0.15, -0.1) is 0 Å². The van der Waals surface area contributed by atoms with E-state index < -0.39 is 6.09 Å². The number of nitrogens with two attached hydrogens (primary N) is 1. The van der Waals surface area contributed by atoms with Gasteiger partial charge < -0.3 is 10.2 Å². The van der Waals surface area contributed by atoms with Crippen LogP contribution in [0.2, 0.25) is 0 Å². The Hall–Kier alpha value is -0.770. The Balaban J connectivity index is 3.60. The number of amides is 1. The van der Waals surface area contributed by atoms with Crippen LogP contribution in [0.4, 0.5) is 4.79 Å². The van der Waals surface area contributed by atoms with Crippen molar-refractivity contribution in [2.45, 2.75) is 26.3 Å². The quantitative estimate of drug-likeness (QED) is 0.468. The summed E-state index contributed by atoms with van der Waals surface area (Å²) in [5, 5.41) is 2.48. The van der Waals surface area contributed by atoms with E-state index in [1.807, 2.05) is 20.8 Å². The van der Waals surface area contributed by atoms with Crippen LogP contribution in [-0.4, -0.2) is 11.6 Å². The van der Waals surface area contributed by atoms with Gasteiger partial charge in [-0.05, 0) is 20.8 Å². The van der Waals surface area contributed by atoms with Crippen LogP contribution in [0.25, 0.3) is 0 Å². The summed E-state index contributed by atoms with van der Waals surface area (Å²) in [6.07, 6.45) is -0.609. The highest BCUT2D eigenvalue weighted by Gasteiger charge is 2.13. The third-order valence-electron chi connectivity index (χ3n) is 0.584. The average molecular weight is 132 g/mol. The Kier molecular flexibility index (Phi) is 2.45. The van der Waals surface area contributed by atoms with Crippen LogP contribution in [0, 0.1) is 0 Å². The lowest BCUT2D eigenvalue weighted by atomic mass is 10.1. The van der Waals surface area contributed by atoms with Crippen LogP contribution in [0.5, 0.6) is 0 Å². The minimum absolute atomic E-state index is 0.281. The second-order valence-electron chi connectivity index (χ2n) is 2.78. The molecular formula is C5H12N2O2. The van der Waals surface area contributed by atoms with E-state index in [9.17, 15) is 4.79 Å². The smallest absolute Gasteiger partial charge is 0.357 e. The molecule has 1 amide bonds. The van der Waals surface area contributed by atoms with E-state index in [4.69, 9.17) is 0 Å². The zero-order chi connectivity index (χ0) is 7.49. The SMILES string of the molecule is CC(C)(C)NC(=O)ON. The molecule has 54 valence electrons. The van der Waals surface area contributed by atoms with Gasteiger partial charge in [-0.2, -0.15) is 5.90 Å². The Morgan fingerprint density at radius 1 is 1.56 bits per heavy atom. The van der Waals surface area contributed by atoms with Crippen molar-refractivity contribution < 1.29 is 9.63 Å². The standard InChI is InChI=1S/C5H12N2O2/c1-5(2,3)7-4(8)9-6/h6H2,1-3H3,(H,7,8). The number of carbonyl (C=O) groups excluding carboxylic acids is 1. The molecule has 0 aromatic rings. The lowest BCUT2D eigenvalue weighted by Gasteiger charge is -2.18. The molecular weight excluding hydrogens is 120 g/mol. The molecule has 3 N–H and O–H groups in total. The monoisotopic (exact) mass is 132 g/mol. The molecule has 4 heteroatoms. The average Bonchev–Trinajstić information content (AvgIpc) is 1.62. The number of rotatable bonds is 0. The van der Waals surface area contributed by atoms with Crippen LogP contribution in [0.3, 0.4) is 0 Å². The van der Waals surface area contributed by atoms with Crippen molar-refractivity contribution in [3.8, 4) is 0 Å². The molecule has 0 aromatic heterocycles. The Labute approximate surface area is 54.3 Å². The van der Waals surface area contributed by atoms with Crippen molar-refractivity contribution in [1.29, 1.82) is 0 Å². The van der Waals surface area contributed by atoms with Gasteiger partial charge in [0.15, 0.2) is 0 Å². The second-order valence-corrected chi connectivity index (χ2v) is 2.78. The van der Waals surface area contributed by atoms with Gasteiger partial charge in [0, 0.05) is 5.54 Å². The zero-order valence-electron chi connectivity index (χ0n) is 5.89. The van der Waals surface area contributed by atoms with Crippen molar-refractivity contribution in [3.05, 3.63) is 0 Å². The summed E-state index contributed by atoms with van der Waals surface area (Å²) in [5.74, 6) is 4.57. The number of nitrogens with one attached hydrogen (secondary N) is 1. The molecule has 0 bridgehead atoms. The third-order valence-corrected chi connectivity index (χ3v) is 0.584. The minimum atomic E-state index is -0.609. The molecule has 0 aliphatic rings. The first-order valence-corrected chi connectivity index (χ1v) is 2.64. The molecule has 0 radical (unpaired) electrons. The van der Waals surface area contributed by atoms with E-state index in [1.165, 1.54) is 0 Å². The summed E-state index contributed by atoms with van der Waals surface area (Å²) < 4.78 is 0. The summed E-state index contributed by atoms with van der Waals surface area (Å²) in [6.45, 7) is 5.51. The van der Waals surface area contributed by atoms with Gasteiger partial charge in [0.25, 0.3) is 0 Å². The lowest BCUT2D eigenvalue weighted by Crippen LogP contribution is -2.41. The van der Waals surface area contributed by atoms with E-state index in [2.05, 4.69) is 16.1 Å². The first-order chi connectivity index (χ1) is 3.95. The summed E-state index contributed by atoms with van der Waals surface area (Å²) in [4.78, 5) is 14.2. The number of carbonyl (C=O) groups is 1. The molecule has 4 nitrogen and oxygen atoms in total. The van der Waals surface area contributed by atoms with Crippen LogP contribution in [0.15, 0.2) is 0 Å². The second kappa shape index (κ2) is 2.68. The van der Waals surface area contributed by atoms with Crippen molar-refractivity contribution in [2.75, 3.05) is 0 Å². The van der Waals surface area contributed by atoms with E-state index >= 15 is 0 Å². The fourth-order valence-electron chi connectivity index (χ4n) is 0.336. The summed E-state index contributed by atoms with van der Waals surface area (Å²) in [6, 6.07) is 0. The molecule has 0 atom stereocenters. The van der Waals surface area contributed by atoms with Crippen molar-refractivity contribution >= 4 is 6.09 Å². The van der Waals surface area contributed by atoms with Crippen molar-refractivity contribution in [2.24, 2.45) is 5.90 Å². The fraction of sp³-hybridized carbons (Fsp3) is 0.800. The molecule has 0 aromatic carbocycles. The van der Waals surface area contributed by atoms with E-state index in [-0.39, 0.29) is 5.54 Å². The number of hydrogen-bond donors (Lipinski definition) is 2. The van der Waals surface area contributed by atoms with Crippen LogP contribution < -0.4 is 11.2 Å². The van der Waals surface area contributed by atoms with Gasteiger partial charge in [0.2, 0.25) is 0 Å². The van der Waals surface area contributed by atoms with Crippen LogP contribution in [0.1, 0.15) is 20.8 Å². The molecule has 0 unspecified atom stereocenters. The Morgan fingerprint density at radius 2 is 2.00 bits per heavy atom. The summed E-state index contributed by atoms with van der Waals surface area (Å²) in [7, 11) is 0. The maximum Gasteiger partial charge on any atom is 0.426 e. The molecule has 9 heavy (non-hydrogen) atoms. The Bertz CT molecular complexity index is 106. The maximum absolute atomic E-state index is 10.4. The normalized spacial score (nSPS) is 10.7.